The molecule has 1 aromatic rings. The van der Waals surface area contributed by atoms with E-state index < -0.39 is 0 Å². The third-order valence-electron chi connectivity index (χ3n) is 3.10. The molecule has 2 heterocycles. The van der Waals surface area contributed by atoms with Crippen LogP contribution >= 0.6 is 0 Å². The molecule has 1 N–H and O–H groups in total. The molecule has 0 amide bonds. The number of furan rings is 1. The zero-order chi connectivity index (χ0) is 10.7. The van der Waals surface area contributed by atoms with Crippen molar-refractivity contribution >= 4 is 0 Å². The predicted octanol–water partition coefficient (Wildman–Crippen LogP) is 1.94. The fourth-order valence-corrected chi connectivity index (χ4v) is 2.11. The Kier molecular flexibility index (Phi) is 3.44. The molecular weight excluding hydrogens is 188 g/mol. The average Bonchev–Trinajstić information content (AvgIpc) is 2.53. The van der Waals surface area contributed by atoms with E-state index in [9.17, 15) is 0 Å². The van der Waals surface area contributed by atoms with Crippen LogP contribution in [0.3, 0.4) is 0 Å². The van der Waals surface area contributed by atoms with Gasteiger partial charge in [-0.3, -0.25) is 4.90 Å². The van der Waals surface area contributed by atoms with Gasteiger partial charge in [0.05, 0.1) is 6.04 Å². The van der Waals surface area contributed by atoms with Crippen molar-refractivity contribution in [2.45, 2.75) is 26.3 Å². The van der Waals surface area contributed by atoms with E-state index in [4.69, 9.17) is 4.42 Å². The lowest BCUT2D eigenvalue weighted by Gasteiger charge is -2.25. The van der Waals surface area contributed by atoms with Crippen LogP contribution in [-0.2, 0) is 0 Å². The third kappa shape index (κ3) is 2.61. The first kappa shape index (κ1) is 10.7. The maximum atomic E-state index is 5.68. The average molecular weight is 208 g/mol. The topological polar surface area (TPSA) is 28.4 Å². The number of hydrogen-bond donors (Lipinski definition) is 1. The van der Waals surface area contributed by atoms with E-state index >= 15 is 0 Å². The molecule has 2 rings (SSSR count). The molecule has 1 unspecified atom stereocenters. The lowest BCUT2D eigenvalue weighted by atomic mass is 10.2. The molecule has 0 saturated carbocycles. The highest BCUT2D eigenvalue weighted by molar-refractivity contribution is 5.09. The molecule has 1 aromatic heterocycles. The van der Waals surface area contributed by atoms with Gasteiger partial charge in [0, 0.05) is 19.6 Å². The Balaban J connectivity index is 2.02. The first-order valence-corrected chi connectivity index (χ1v) is 5.78. The normalized spacial score (nSPS) is 21.2. The number of hydrogen-bond acceptors (Lipinski definition) is 3. The SMILES string of the molecule is Cc1ccc(C(C)N2CCCNCC2)o1. The summed E-state index contributed by atoms with van der Waals surface area (Å²) in [5.74, 6) is 2.10. The van der Waals surface area contributed by atoms with E-state index in [1.54, 1.807) is 0 Å². The van der Waals surface area contributed by atoms with Gasteiger partial charge in [-0.15, -0.1) is 0 Å². The highest BCUT2D eigenvalue weighted by Crippen LogP contribution is 2.22. The maximum absolute atomic E-state index is 5.68. The minimum absolute atomic E-state index is 0.401. The minimum Gasteiger partial charge on any atom is -0.465 e. The van der Waals surface area contributed by atoms with Gasteiger partial charge in [-0.1, -0.05) is 0 Å². The van der Waals surface area contributed by atoms with Crippen LogP contribution < -0.4 is 5.32 Å². The van der Waals surface area contributed by atoms with Crippen LogP contribution in [0.25, 0.3) is 0 Å². The maximum Gasteiger partial charge on any atom is 0.121 e. The summed E-state index contributed by atoms with van der Waals surface area (Å²) in [6.07, 6.45) is 1.23. The van der Waals surface area contributed by atoms with Crippen molar-refractivity contribution in [3.63, 3.8) is 0 Å². The van der Waals surface area contributed by atoms with Crippen LogP contribution in [0.5, 0.6) is 0 Å². The highest BCUT2D eigenvalue weighted by atomic mass is 16.3. The predicted molar refractivity (Wildman–Crippen MR) is 60.9 cm³/mol. The van der Waals surface area contributed by atoms with Gasteiger partial charge in [0.25, 0.3) is 0 Å². The summed E-state index contributed by atoms with van der Waals surface area (Å²) >= 11 is 0. The molecule has 0 bridgehead atoms. The van der Waals surface area contributed by atoms with Crippen molar-refractivity contribution in [2.75, 3.05) is 26.2 Å². The van der Waals surface area contributed by atoms with Crippen molar-refractivity contribution in [3.05, 3.63) is 23.7 Å². The summed E-state index contributed by atoms with van der Waals surface area (Å²) in [6.45, 7) is 8.73. The Morgan fingerprint density at radius 2 is 2.20 bits per heavy atom. The molecule has 1 aliphatic rings. The molecule has 0 spiro atoms. The van der Waals surface area contributed by atoms with E-state index in [-0.39, 0.29) is 0 Å². The van der Waals surface area contributed by atoms with Crippen LogP contribution in [0.4, 0.5) is 0 Å². The van der Waals surface area contributed by atoms with Gasteiger partial charge in [0.15, 0.2) is 0 Å². The zero-order valence-corrected chi connectivity index (χ0v) is 9.62. The summed E-state index contributed by atoms with van der Waals surface area (Å²) in [6, 6.07) is 4.54. The number of rotatable bonds is 2. The lowest BCUT2D eigenvalue weighted by Crippen LogP contribution is -2.30. The smallest absolute Gasteiger partial charge is 0.121 e. The first-order valence-electron chi connectivity index (χ1n) is 5.78. The molecule has 0 radical (unpaired) electrons. The molecule has 84 valence electrons. The van der Waals surface area contributed by atoms with Crippen molar-refractivity contribution in [2.24, 2.45) is 0 Å². The van der Waals surface area contributed by atoms with Crippen molar-refractivity contribution in [3.8, 4) is 0 Å². The molecule has 1 fully saturated rings. The van der Waals surface area contributed by atoms with E-state index in [2.05, 4.69) is 23.2 Å². The van der Waals surface area contributed by atoms with E-state index in [1.807, 2.05) is 13.0 Å². The van der Waals surface area contributed by atoms with Gasteiger partial charge in [-0.2, -0.15) is 0 Å². The van der Waals surface area contributed by atoms with E-state index in [0.29, 0.717) is 6.04 Å². The van der Waals surface area contributed by atoms with Crippen LogP contribution in [0.15, 0.2) is 16.5 Å². The van der Waals surface area contributed by atoms with Crippen molar-refractivity contribution in [1.29, 1.82) is 0 Å². The van der Waals surface area contributed by atoms with E-state index in [0.717, 1.165) is 37.7 Å². The first-order chi connectivity index (χ1) is 7.27. The van der Waals surface area contributed by atoms with Gasteiger partial charge < -0.3 is 9.73 Å². The Labute approximate surface area is 91.4 Å². The summed E-state index contributed by atoms with van der Waals surface area (Å²) in [4.78, 5) is 2.48. The summed E-state index contributed by atoms with van der Waals surface area (Å²) in [7, 11) is 0. The van der Waals surface area contributed by atoms with Gasteiger partial charge in [0.1, 0.15) is 11.5 Å². The van der Waals surface area contributed by atoms with E-state index in [1.165, 1.54) is 6.42 Å². The van der Waals surface area contributed by atoms with Crippen LogP contribution in [0, 0.1) is 6.92 Å². The zero-order valence-electron chi connectivity index (χ0n) is 9.62. The second-order valence-corrected chi connectivity index (χ2v) is 4.26. The molecule has 1 atom stereocenters. The second-order valence-electron chi connectivity index (χ2n) is 4.26. The molecule has 0 aliphatic carbocycles. The number of nitrogens with zero attached hydrogens (tertiary/aromatic N) is 1. The molecule has 3 nitrogen and oxygen atoms in total. The largest absolute Gasteiger partial charge is 0.465 e. The Hall–Kier alpha value is -0.800. The van der Waals surface area contributed by atoms with Gasteiger partial charge in [-0.25, -0.2) is 0 Å². The molecule has 3 heteroatoms. The van der Waals surface area contributed by atoms with Gasteiger partial charge >= 0.3 is 0 Å². The third-order valence-corrected chi connectivity index (χ3v) is 3.10. The molecule has 0 aromatic carbocycles. The number of nitrogens with one attached hydrogen (secondary N) is 1. The Bertz CT molecular complexity index is 300. The molecular formula is C12H20N2O. The van der Waals surface area contributed by atoms with Crippen molar-refractivity contribution < 1.29 is 4.42 Å². The highest BCUT2D eigenvalue weighted by Gasteiger charge is 2.19. The van der Waals surface area contributed by atoms with Gasteiger partial charge in [0.2, 0.25) is 0 Å². The van der Waals surface area contributed by atoms with Crippen LogP contribution in [0.2, 0.25) is 0 Å². The summed E-state index contributed by atoms with van der Waals surface area (Å²) < 4.78 is 5.68. The molecule has 1 saturated heterocycles. The van der Waals surface area contributed by atoms with Gasteiger partial charge in [-0.05, 0) is 38.9 Å². The minimum atomic E-state index is 0.401. The van der Waals surface area contributed by atoms with Crippen LogP contribution in [0.1, 0.15) is 30.9 Å². The summed E-state index contributed by atoms with van der Waals surface area (Å²) in [5.41, 5.74) is 0. The van der Waals surface area contributed by atoms with Crippen LogP contribution in [-0.4, -0.2) is 31.1 Å². The quantitative estimate of drug-likeness (QED) is 0.805. The number of aryl methyl sites for hydroxylation is 1. The Morgan fingerprint density at radius 3 is 2.93 bits per heavy atom. The molecule has 1 aliphatic heterocycles. The fraction of sp³-hybridized carbons (Fsp3) is 0.667. The monoisotopic (exact) mass is 208 g/mol. The summed E-state index contributed by atoms with van der Waals surface area (Å²) in [5, 5.41) is 3.42. The standard InChI is InChI=1S/C12H20N2O/c1-10-4-5-12(15-10)11(2)14-8-3-6-13-7-9-14/h4-5,11,13H,3,6-9H2,1-2H3. The van der Waals surface area contributed by atoms with Crippen molar-refractivity contribution in [1.82, 2.24) is 10.2 Å². The molecule has 15 heavy (non-hydrogen) atoms. The second kappa shape index (κ2) is 4.81. The fourth-order valence-electron chi connectivity index (χ4n) is 2.11. The Morgan fingerprint density at radius 1 is 1.33 bits per heavy atom. The lowest BCUT2D eigenvalue weighted by molar-refractivity contribution is 0.199.